The minimum atomic E-state index is -1.41. The summed E-state index contributed by atoms with van der Waals surface area (Å²) < 4.78 is 11.4. The zero-order valence-corrected chi connectivity index (χ0v) is 21.4. The van der Waals surface area contributed by atoms with Gasteiger partial charge in [-0.1, -0.05) is 29.8 Å². The highest BCUT2D eigenvalue weighted by molar-refractivity contribution is 6.33. The fourth-order valence-electron chi connectivity index (χ4n) is 5.45. The monoisotopic (exact) mass is 517 g/mol. The Morgan fingerprint density at radius 3 is 2.83 bits per heavy atom. The molecule has 2 fully saturated rings. The van der Waals surface area contributed by atoms with Crippen LogP contribution in [0.2, 0.25) is 5.02 Å². The first-order valence-electron chi connectivity index (χ1n) is 12.6. The molecule has 1 aromatic heterocycles. The van der Waals surface area contributed by atoms with E-state index in [1.54, 1.807) is 30.5 Å². The number of carbonyl (C=O) groups is 1. The van der Waals surface area contributed by atoms with Crippen LogP contribution in [0.3, 0.4) is 0 Å². The number of hydrogen-bond acceptors (Lipinski definition) is 7. The number of unbranched alkanes of at least 4 members (excludes halogenated alkanes) is 1. The van der Waals surface area contributed by atoms with Crippen molar-refractivity contribution in [3.63, 3.8) is 0 Å². The topological polar surface area (TPSA) is 118 Å². The quantitative estimate of drug-likeness (QED) is 0.438. The molecule has 2 aliphatic rings. The smallest absolute Gasteiger partial charge is 0.226 e. The minimum Gasteiger partial charge on any atom is -0.391 e. The zero-order valence-electron chi connectivity index (χ0n) is 20.7. The number of nitrogens with zero attached hydrogens (tertiary/aromatic N) is 2. The second-order valence-electron chi connectivity index (χ2n) is 9.82. The minimum absolute atomic E-state index is 0.0457. The molecule has 0 radical (unpaired) electrons. The maximum absolute atomic E-state index is 13.3. The summed E-state index contributed by atoms with van der Waals surface area (Å²) in [6.45, 7) is 1.56. The number of aromatic nitrogens is 1. The van der Waals surface area contributed by atoms with Crippen LogP contribution in [0.5, 0.6) is 0 Å². The average Bonchev–Trinajstić information content (AvgIpc) is 3.24. The molecule has 36 heavy (non-hydrogen) atoms. The van der Waals surface area contributed by atoms with Crippen molar-refractivity contribution >= 4 is 17.5 Å². The lowest BCUT2D eigenvalue weighted by atomic mass is 9.79. The first kappa shape index (κ1) is 27.0. The molecule has 1 amide bonds. The fourth-order valence-corrected chi connectivity index (χ4v) is 5.73. The Bertz CT molecular complexity index is 1020. The number of morpholine rings is 1. The van der Waals surface area contributed by atoms with Crippen molar-refractivity contribution in [3.8, 4) is 11.1 Å². The molecule has 8 nitrogen and oxygen atoms in total. The molecule has 9 heteroatoms. The van der Waals surface area contributed by atoms with Gasteiger partial charge in [-0.3, -0.25) is 9.78 Å². The average molecular weight is 518 g/mol. The predicted octanol–water partition coefficient (Wildman–Crippen LogP) is 2.73. The summed E-state index contributed by atoms with van der Waals surface area (Å²) in [6, 6.07) is 8.85. The number of carbonyl (C=O) groups excluding carboxylic acids is 1. The summed E-state index contributed by atoms with van der Waals surface area (Å²) in [5.74, 6) is -0.365. The number of halogens is 1. The highest BCUT2D eigenvalue weighted by Gasteiger charge is 2.45. The number of ether oxygens (including phenoxy) is 2. The molecule has 196 valence electrons. The number of methoxy groups -OCH3 is 1. The highest BCUT2D eigenvalue weighted by atomic mass is 35.5. The summed E-state index contributed by atoms with van der Waals surface area (Å²) >= 11 is 6.69. The molecule has 5 atom stereocenters. The van der Waals surface area contributed by atoms with Crippen LogP contribution < -0.4 is 5.73 Å². The summed E-state index contributed by atoms with van der Waals surface area (Å²) in [5, 5.41) is 22.9. The molecule has 1 saturated carbocycles. The van der Waals surface area contributed by atoms with E-state index in [-0.39, 0.29) is 24.4 Å². The van der Waals surface area contributed by atoms with Gasteiger partial charge in [-0.25, -0.2) is 0 Å². The van der Waals surface area contributed by atoms with Crippen molar-refractivity contribution in [1.82, 2.24) is 9.88 Å². The number of aliphatic hydroxyl groups excluding tert-OH is 1. The number of aliphatic hydroxyl groups is 2. The number of rotatable bonds is 9. The molecule has 4 N–H and O–H groups in total. The third-order valence-electron chi connectivity index (χ3n) is 7.42. The summed E-state index contributed by atoms with van der Waals surface area (Å²) in [4.78, 5) is 19.3. The van der Waals surface area contributed by atoms with Crippen molar-refractivity contribution in [1.29, 1.82) is 0 Å². The van der Waals surface area contributed by atoms with Crippen molar-refractivity contribution in [2.45, 2.75) is 56.0 Å². The van der Waals surface area contributed by atoms with Crippen LogP contribution in [0.1, 0.15) is 37.7 Å². The molecule has 4 rings (SSSR count). The molecule has 1 aliphatic carbocycles. The molecule has 1 aliphatic heterocycles. The predicted molar refractivity (Wildman–Crippen MR) is 137 cm³/mol. The Morgan fingerprint density at radius 2 is 2.14 bits per heavy atom. The largest absolute Gasteiger partial charge is 0.391 e. The molecule has 2 heterocycles. The van der Waals surface area contributed by atoms with Gasteiger partial charge >= 0.3 is 0 Å². The number of benzene rings is 1. The van der Waals surface area contributed by atoms with Crippen molar-refractivity contribution in [3.05, 3.63) is 53.3 Å². The van der Waals surface area contributed by atoms with E-state index in [4.69, 9.17) is 26.8 Å². The SMILES string of the molecule is COCCCCC(O)(c1cccc(Cl)c1-c1cccnc1)C1CN(C(=O)C2CC(N)C(O)C2)CCO1. The van der Waals surface area contributed by atoms with Gasteiger partial charge in [-0.05, 0) is 49.8 Å². The van der Waals surface area contributed by atoms with Crippen LogP contribution in [-0.4, -0.2) is 77.7 Å². The van der Waals surface area contributed by atoms with Gasteiger partial charge in [0.1, 0.15) is 11.7 Å². The van der Waals surface area contributed by atoms with Crippen LogP contribution in [0.25, 0.3) is 11.1 Å². The molecule has 2 aromatic rings. The molecule has 5 unspecified atom stereocenters. The van der Waals surface area contributed by atoms with Crippen molar-refractivity contribution in [2.24, 2.45) is 11.7 Å². The third kappa shape index (κ3) is 5.74. The van der Waals surface area contributed by atoms with E-state index < -0.39 is 17.8 Å². The Labute approximate surface area is 217 Å². The van der Waals surface area contributed by atoms with Crippen LogP contribution in [0, 0.1) is 5.92 Å². The molecule has 1 aromatic carbocycles. The Morgan fingerprint density at radius 1 is 1.31 bits per heavy atom. The van der Waals surface area contributed by atoms with Gasteiger partial charge in [0.25, 0.3) is 0 Å². The summed E-state index contributed by atoms with van der Waals surface area (Å²) in [7, 11) is 1.66. The van der Waals surface area contributed by atoms with Crippen molar-refractivity contribution in [2.75, 3.05) is 33.4 Å². The first-order valence-corrected chi connectivity index (χ1v) is 13.0. The number of amides is 1. The third-order valence-corrected chi connectivity index (χ3v) is 7.74. The van der Waals surface area contributed by atoms with Gasteiger partial charge in [0.15, 0.2) is 0 Å². The van der Waals surface area contributed by atoms with E-state index in [0.29, 0.717) is 61.6 Å². The first-order chi connectivity index (χ1) is 17.3. The Balaban J connectivity index is 1.66. The zero-order chi connectivity index (χ0) is 25.7. The lowest BCUT2D eigenvalue weighted by molar-refractivity contribution is -0.167. The van der Waals surface area contributed by atoms with E-state index in [1.807, 2.05) is 24.3 Å². The van der Waals surface area contributed by atoms with E-state index >= 15 is 0 Å². The van der Waals surface area contributed by atoms with E-state index in [9.17, 15) is 15.0 Å². The molecule has 1 saturated heterocycles. The number of pyridine rings is 1. The lowest BCUT2D eigenvalue weighted by Crippen LogP contribution is -2.55. The van der Waals surface area contributed by atoms with E-state index in [2.05, 4.69) is 4.98 Å². The van der Waals surface area contributed by atoms with Gasteiger partial charge in [0.2, 0.25) is 5.91 Å². The molecule has 0 spiro atoms. The fraction of sp³-hybridized carbons (Fsp3) is 0.556. The van der Waals surface area contributed by atoms with Crippen LogP contribution in [-0.2, 0) is 19.9 Å². The van der Waals surface area contributed by atoms with Gasteiger partial charge in [-0.2, -0.15) is 0 Å². The van der Waals surface area contributed by atoms with Gasteiger partial charge < -0.3 is 30.3 Å². The normalized spacial score (nSPS) is 26.1. The van der Waals surface area contributed by atoms with Crippen LogP contribution in [0.4, 0.5) is 0 Å². The standard InChI is InChI=1S/C27H36ClN3O5/c1-35-12-3-2-9-27(34,20-7-4-8-21(28)25(20)18-6-5-10-30-16-18)24-17-31(11-13-36-24)26(33)19-14-22(29)23(32)15-19/h4-8,10,16,19,22-24,32,34H,2-3,9,11-15,17,29H2,1H3. The number of hydrogen-bond donors (Lipinski definition) is 3. The van der Waals surface area contributed by atoms with Crippen LogP contribution in [0.15, 0.2) is 42.7 Å². The maximum atomic E-state index is 13.3. The summed E-state index contributed by atoms with van der Waals surface area (Å²) in [6.07, 6.45) is 4.79. The van der Waals surface area contributed by atoms with Gasteiger partial charge in [0, 0.05) is 60.8 Å². The maximum Gasteiger partial charge on any atom is 0.226 e. The molecule has 0 bridgehead atoms. The number of nitrogens with two attached hydrogens (primary N) is 1. The molecular formula is C27H36ClN3O5. The van der Waals surface area contributed by atoms with Gasteiger partial charge in [0.05, 0.1) is 19.3 Å². The Hall–Kier alpha value is -2.07. The van der Waals surface area contributed by atoms with Crippen LogP contribution >= 0.6 is 11.6 Å². The second kappa shape index (κ2) is 12.0. The highest BCUT2D eigenvalue weighted by Crippen LogP contribution is 2.43. The summed E-state index contributed by atoms with van der Waals surface area (Å²) in [5.41, 5.74) is 6.71. The Kier molecular flexibility index (Phi) is 8.98. The van der Waals surface area contributed by atoms with E-state index in [1.165, 1.54) is 0 Å². The van der Waals surface area contributed by atoms with Crippen molar-refractivity contribution < 1.29 is 24.5 Å². The van der Waals surface area contributed by atoms with Gasteiger partial charge in [-0.15, -0.1) is 0 Å². The molecular weight excluding hydrogens is 482 g/mol. The van der Waals surface area contributed by atoms with E-state index in [0.717, 1.165) is 12.0 Å². The lowest BCUT2D eigenvalue weighted by Gasteiger charge is -2.44. The second-order valence-corrected chi connectivity index (χ2v) is 10.2.